The molecule has 4 heteroatoms. The summed E-state index contributed by atoms with van der Waals surface area (Å²) >= 11 is 0. The van der Waals surface area contributed by atoms with Crippen LogP contribution in [0.15, 0.2) is 163 Å². The predicted molar refractivity (Wildman–Crippen MR) is 174 cm³/mol. The molecule has 41 heavy (non-hydrogen) atoms. The molecule has 0 saturated heterocycles. The molecule has 0 bridgehead atoms. The van der Waals surface area contributed by atoms with Crippen molar-refractivity contribution in [3.8, 4) is 5.75 Å². The van der Waals surface area contributed by atoms with Gasteiger partial charge in [0.2, 0.25) is 6.79 Å². The lowest BCUT2D eigenvalue weighted by molar-refractivity contribution is 0.0712. The van der Waals surface area contributed by atoms with Crippen molar-refractivity contribution in [3.63, 3.8) is 0 Å². The number of ether oxygens (including phenoxy) is 2. The second kappa shape index (κ2) is 11.7. The van der Waals surface area contributed by atoms with Crippen LogP contribution >= 0.6 is 15.8 Å². The molecule has 1 heterocycles. The van der Waals surface area contributed by atoms with Crippen LogP contribution in [0.1, 0.15) is 5.56 Å². The van der Waals surface area contributed by atoms with E-state index in [2.05, 4.69) is 151 Å². The zero-order valence-corrected chi connectivity index (χ0v) is 24.2. The van der Waals surface area contributed by atoms with E-state index in [0.717, 1.165) is 17.1 Å². The van der Waals surface area contributed by atoms with Gasteiger partial charge in [-0.05, 0) is 54.5 Å². The molecule has 5 aromatic rings. The van der Waals surface area contributed by atoms with E-state index < -0.39 is 15.8 Å². The zero-order chi connectivity index (χ0) is 27.4. The Balaban J connectivity index is 1.48. The largest absolute Gasteiger partial charge is 0.457 e. The highest BCUT2D eigenvalue weighted by atomic mass is 31.1. The standard InChI is InChI=1S/C37H28O2P2/c1-5-15-28(16-6-1)40(29-17-7-2-8-18-29)34-25-13-23-32-36(34)37-33(39-27-38-32)24-14-26-35(37)41(30-19-9-3-10-20-30)31-21-11-4-12-22-31/h1-13,15-26,35H,27H2/t35-/m0/s1. The summed E-state index contributed by atoms with van der Waals surface area (Å²) < 4.78 is 12.7. The Morgan fingerprint density at radius 3 is 1.66 bits per heavy atom. The van der Waals surface area contributed by atoms with Gasteiger partial charge in [0.1, 0.15) is 11.5 Å². The van der Waals surface area contributed by atoms with Crippen LogP contribution in [0.25, 0.3) is 5.57 Å². The van der Waals surface area contributed by atoms with E-state index >= 15 is 0 Å². The summed E-state index contributed by atoms with van der Waals surface area (Å²) in [7, 11) is -1.68. The van der Waals surface area contributed by atoms with Crippen molar-refractivity contribution in [2.75, 3.05) is 6.79 Å². The smallest absolute Gasteiger partial charge is 0.230 e. The van der Waals surface area contributed by atoms with E-state index in [-0.39, 0.29) is 12.5 Å². The fraction of sp³-hybridized carbons (Fsp3) is 0.0541. The molecule has 0 aromatic heterocycles. The molecule has 0 N–H and O–H groups in total. The first-order chi connectivity index (χ1) is 20.4. The Kier molecular flexibility index (Phi) is 7.38. The van der Waals surface area contributed by atoms with Crippen LogP contribution in [0.2, 0.25) is 0 Å². The Bertz CT molecular complexity index is 1660. The highest BCUT2D eigenvalue weighted by molar-refractivity contribution is 7.80. The van der Waals surface area contributed by atoms with Gasteiger partial charge in [-0.2, -0.15) is 0 Å². The molecular formula is C37H28O2P2. The van der Waals surface area contributed by atoms with Gasteiger partial charge >= 0.3 is 0 Å². The minimum absolute atomic E-state index is 0.0554. The highest BCUT2D eigenvalue weighted by Gasteiger charge is 2.36. The van der Waals surface area contributed by atoms with Crippen molar-refractivity contribution >= 4 is 47.9 Å². The molecule has 7 rings (SSSR count). The minimum atomic E-state index is -0.862. The maximum atomic E-state index is 6.33. The van der Waals surface area contributed by atoms with Gasteiger partial charge in [-0.15, -0.1) is 5.73 Å². The summed E-state index contributed by atoms with van der Waals surface area (Å²) in [5, 5.41) is 6.53. The molecule has 198 valence electrons. The summed E-state index contributed by atoms with van der Waals surface area (Å²) in [6.45, 7) is 0.170. The van der Waals surface area contributed by atoms with Crippen molar-refractivity contribution in [3.05, 3.63) is 169 Å². The summed E-state index contributed by atoms with van der Waals surface area (Å²) in [6.07, 6.45) is 4.23. The monoisotopic (exact) mass is 566 g/mol. The second-order valence-electron chi connectivity index (χ2n) is 9.80. The quantitative estimate of drug-likeness (QED) is 0.167. The van der Waals surface area contributed by atoms with Crippen LogP contribution < -0.4 is 31.3 Å². The molecule has 0 amide bonds. The summed E-state index contributed by atoms with van der Waals surface area (Å²) in [4.78, 5) is 0. The van der Waals surface area contributed by atoms with Gasteiger partial charge < -0.3 is 9.47 Å². The molecule has 1 atom stereocenters. The third-order valence-corrected chi connectivity index (χ3v) is 12.5. The lowest BCUT2D eigenvalue weighted by atomic mass is 9.97. The van der Waals surface area contributed by atoms with Crippen molar-refractivity contribution < 1.29 is 9.47 Å². The Labute approximate surface area is 243 Å². The van der Waals surface area contributed by atoms with Crippen molar-refractivity contribution in [2.24, 2.45) is 0 Å². The molecule has 0 radical (unpaired) electrons. The van der Waals surface area contributed by atoms with Gasteiger partial charge in [-0.25, -0.2) is 0 Å². The van der Waals surface area contributed by atoms with Gasteiger partial charge in [0.05, 0.1) is 0 Å². The number of rotatable bonds is 6. The lowest BCUT2D eigenvalue weighted by Gasteiger charge is -2.32. The third kappa shape index (κ3) is 5.08. The molecule has 2 aliphatic rings. The van der Waals surface area contributed by atoms with Crippen LogP contribution in [0, 0.1) is 0 Å². The van der Waals surface area contributed by atoms with Gasteiger partial charge in [0, 0.05) is 22.9 Å². The molecule has 0 spiro atoms. The van der Waals surface area contributed by atoms with E-state index in [9.17, 15) is 0 Å². The summed E-state index contributed by atoms with van der Waals surface area (Å²) in [5.74, 6) is 1.72. The highest BCUT2D eigenvalue weighted by Crippen LogP contribution is 2.52. The normalized spacial score (nSPS) is 15.6. The zero-order valence-electron chi connectivity index (χ0n) is 22.4. The topological polar surface area (TPSA) is 18.5 Å². The van der Waals surface area contributed by atoms with E-state index in [1.807, 2.05) is 6.08 Å². The van der Waals surface area contributed by atoms with Crippen molar-refractivity contribution in [2.45, 2.75) is 5.66 Å². The SMILES string of the molecule is C1=CC2=C(c3c(cccc3P(c3ccccc3)c3ccccc3)OCO2)[C@@H](P(c2ccccc2)c2ccccc2)C=1. The van der Waals surface area contributed by atoms with E-state index in [1.165, 1.54) is 32.1 Å². The van der Waals surface area contributed by atoms with E-state index in [0.29, 0.717) is 0 Å². The Hall–Kier alpha value is -4.18. The molecule has 0 unspecified atom stereocenters. The fourth-order valence-corrected chi connectivity index (χ4v) is 10.8. The van der Waals surface area contributed by atoms with Crippen molar-refractivity contribution in [1.29, 1.82) is 0 Å². The minimum Gasteiger partial charge on any atom is -0.457 e. The summed E-state index contributed by atoms with van der Waals surface area (Å²) in [5.41, 5.74) is 5.85. The number of hydrogen-bond donors (Lipinski definition) is 0. The van der Waals surface area contributed by atoms with Crippen LogP contribution in [0.5, 0.6) is 5.75 Å². The molecular weight excluding hydrogens is 538 g/mol. The summed E-state index contributed by atoms with van der Waals surface area (Å²) in [6, 6.07) is 50.0. The van der Waals surface area contributed by atoms with Crippen LogP contribution in [-0.2, 0) is 4.74 Å². The average Bonchev–Trinajstić information content (AvgIpc) is 3.24. The van der Waals surface area contributed by atoms with Gasteiger partial charge in [-0.3, -0.25) is 0 Å². The maximum Gasteiger partial charge on any atom is 0.230 e. The van der Waals surface area contributed by atoms with Gasteiger partial charge in [0.15, 0.2) is 0 Å². The average molecular weight is 567 g/mol. The van der Waals surface area contributed by atoms with Gasteiger partial charge in [-0.1, -0.05) is 133 Å². The van der Waals surface area contributed by atoms with Crippen LogP contribution in [0.3, 0.4) is 0 Å². The third-order valence-electron chi connectivity index (χ3n) is 7.35. The van der Waals surface area contributed by atoms with E-state index in [4.69, 9.17) is 9.47 Å². The number of hydrogen-bond acceptors (Lipinski definition) is 2. The molecule has 0 fully saturated rings. The second-order valence-corrected chi connectivity index (χ2v) is 14.3. The predicted octanol–water partition coefficient (Wildman–Crippen LogP) is 6.75. The molecule has 5 aromatic carbocycles. The lowest BCUT2D eigenvalue weighted by Crippen LogP contribution is -2.27. The van der Waals surface area contributed by atoms with Crippen LogP contribution in [0.4, 0.5) is 0 Å². The number of benzene rings is 5. The first kappa shape index (κ1) is 25.8. The Morgan fingerprint density at radius 2 is 1.10 bits per heavy atom. The fourth-order valence-electron chi connectivity index (χ4n) is 5.60. The maximum absolute atomic E-state index is 6.33. The number of allylic oxidation sites excluding steroid dienone is 2. The van der Waals surface area contributed by atoms with Gasteiger partial charge in [0.25, 0.3) is 0 Å². The molecule has 0 saturated carbocycles. The first-order valence-electron chi connectivity index (χ1n) is 13.7. The van der Waals surface area contributed by atoms with Crippen LogP contribution in [-0.4, -0.2) is 12.5 Å². The molecule has 2 nitrogen and oxygen atoms in total. The Morgan fingerprint density at radius 1 is 0.561 bits per heavy atom. The number of fused-ring (bicyclic) bond motifs is 2. The van der Waals surface area contributed by atoms with E-state index in [1.54, 1.807) is 0 Å². The van der Waals surface area contributed by atoms with Crippen molar-refractivity contribution in [1.82, 2.24) is 0 Å². The first-order valence-corrected chi connectivity index (χ1v) is 16.5. The molecule has 1 aliphatic heterocycles. The molecule has 1 aliphatic carbocycles.